The predicted octanol–water partition coefficient (Wildman–Crippen LogP) is 1.92. The molecule has 15 heavy (non-hydrogen) atoms. The van der Waals surface area contributed by atoms with Gasteiger partial charge in [0.15, 0.2) is 0 Å². The Morgan fingerprint density at radius 3 is 1.73 bits per heavy atom. The van der Waals surface area contributed by atoms with Crippen LogP contribution in [0.15, 0.2) is 24.3 Å². The van der Waals surface area contributed by atoms with Crippen LogP contribution in [0.3, 0.4) is 0 Å². The second-order valence-electron chi connectivity index (χ2n) is 1.96. The second kappa shape index (κ2) is 13.9. The van der Waals surface area contributed by atoms with E-state index in [9.17, 15) is 0 Å². The third-order valence-electron chi connectivity index (χ3n) is 0.937. The average molecular weight is 307 g/mol. The molecule has 0 aliphatic carbocycles. The molecule has 0 aliphatic heterocycles. The number of hydrogen-bond donors (Lipinski definition) is 2. The van der Waals surface area contributed by atoms with Crippen molar-refractivity contribution in [2.24, 2.45) is 0 Å². The summed E-state index contributed by atoms with van der Waals surface area (Å²) in [6.07, 6.45) is 1.08. The van der Waals surface area contributed by atoms with E-state index in [1.54, 1.807) is 24.3 Å². The van der Waals surface area contributed by atoms with Crippen molar-refractivity contribution in [3.05, 3.63) is 24.3 Å². The Kier molecular flexibility index (Phi) is 18.8. The number of hydrogen-bond acceptors (Lipinski definition) is 5. The van der Waals surface area contributed by atoms with Gasteiger partial charge in [0.25, 0.3) is 0 Å². The van der Waals surface area contributed by atoms with Gasteiger partial charge < -0.3 is 19.3 Å². The van der Waals surface area contributed by atoms with Crippen LogP contribution in [0.4, 0.5) is 5.69 Å². The van der Waals surface area contributed by atoms with Gasteiger partial charge in [-0.05, 0) is 12.1 Å². The summed E-state index contributed by atoms with van der Waals surface area (Å²) in [7, 11) is -1.86. The molecule has 1 rings (SSSR count). The van der Waals surface area contributed by atoms with Crippen LogP contribution < -0.4 is 5.73 Å². The molecule has 0 amide bonds. The van der Waals surface area contributed by atoms with Gasteiger partial charge in [0.05, 0.1) is 5.69 Å². The summed E-state index contributed by atoms with van der Waals surface area (Å²) >= 11 is 0. The van der Waals surface area contributed by atoms with Crippen LogP contribution in [0.25, 0.3) is 0 Å². The number of anilines is 1. The van der Waals surface area contributed by atoms with E-state index in [0.717, 1.165) is 6.26 Å². The molecule has 1 radical (unpaired) electrons. The molecule has 3 N–H and O–H groups in total. The number of para-hydroxylation sites is 2. The predicted molar refractivity (Wildman–Crippen MR) is 58.5 cm³/mol. The van der Waals surface area contributed by atoms with Crippen molar-refractivity contribution >= 4 is 16.4 Å². The summed E-state index contributed by atoms with van der Waals surface area (Å²) in [4.78, 5) is 0. The van der Waals surface area contributed by atoms with Crippen molar-refractivity contribution in [1.29, 1.82) is 0 Å². The molecule has 0 aromatic heterocycles. The summed E-state index contributed by atoms with van der Waals surface area (Å²) in [5.41, 5.74) is 5.69. The molecule has 0 spiro atoms. The number of nitrogens with two attached hydrogens (primary N) is 1. The molecule has 0 atom stereocenters. The first-order chi connectivity index (χ1) is 6.54. The van der Waals surface area contributed by atoms with E-state index in [0.29, 0.717) is 5.69 Å². The molecule has 0 saturated heterocycles. The Hall–Kier alpha value is -0.126. The molecular formula is C9H16NO3SY-. The summed E-state index contributed by atoms with van der Waals surface area (Å²) in [5, 5.41) is 8.79. The van der Waals surface area contributed by atoms with Crippen molar-refractivity contribution in [3.8, 4) is 5.75 Å². The first kappa shape index (κ1) is 20.3. The summed E-state index contributed by atoms with van der Waals surface area (Å²) in [6, 6.07) is 6.70. The smallest absolute Gasteiger partial charge is 0.138 e. The summed E-state index contributed by atoms with van der Waals surface area (Å²) in [6.45, 7) is 4.00. The maximum absolute atomic E-state index is 9.00. The molecule has 0 saturated carbocycles. The molecule has 4 nitrogen and oxygen atoms in total. The van der Waals surface area contributed by atoms with E-state index in [1.165, 1.54) is 0 Å². The SMILES string of the molecule is CC.C[S-](=O)=O.Nc1ccccc1O.[Y]. The minimum Gasteiger partial charge on any atom is -0.506 e. The van der Waals surface area contributed by atoms with Gasteiger partial charge in [-0.2, -0.15) is 0 Å². The fraction of sp³-hybridized carbons (Fsp3) is 0.333. The van der Waals surface area contributed by atoms with Gasteiger partial charge in [0.1, 0.15) is 5.75 Å². The maximum Gasteiger partial charge on any atom is 0.138 e. The van der Waals surface area contributed by atoms with Gasteiger partial charge in [-0.25, -0.2) is 0 Å². The van der Waals surface area contributed by atoms with E-state index in [1.807, 2.05) is 13.8 Å². The van der Waals surface area contributed by atoms with Crippen molar-refractivity contribution in [2.45, 2.75) is 13.8 Å². The van der Waals surface area contributed by atoms with Crippen LogP contribution in [-0.4, -0.2) is 11.4 Å². The molecule has 1 aromatic carbocycles. The fourth-order valence-electron chi connectivity index (χ4n) is 0.488. The minimum absolute atomic E-state index is 0. The summed E-state index contributed by atoms with van der Waals surface area (Å²) < 4.78 is 18.0. The molecule has 0 unspecified atom stereocenters. The quantitative estimate of drug-likeness (QED) is 0.436. The van der Waals surface area contributed by atoms with Gasteiger partial charge in [0, 0.05) is 32.7 Å². The van der Waals surface area contributed by atoms with Gasteiger partial charge in [-0.15, -0.1) is 0 Å². The normalized spacial score (nSPS) is 7.47. The standard InChI is InChI=1S/C6H7NO.C2H6.CH3O2S.Y/c7-5-3-1-2-4-6(5)8;1-2;1-4(2)3;/h1-4,8H,7H2;1-2H3;1H3;/q;;-1;. The number of nitrogen functional groups attached to an aromatic ring is 1. The maximum atomic E-state index is 9.00. The largest absolute Gasteiger partial charge is 0.506 e. The van der Waals surface area contributed by atoms with E-state index < -0.39 is 10.7 Å². The Balaban J connectivity index is -0.000000179. The molecular weight excluding hydrogens is 291 g/mol. The average Bonchev–Trinajstić information content (AvgIpc) is 2.13. The first-order valence-corrected chi connectivity index (χ1v) is 5.56. The summed E-state index contributed by atoms with van der Waals surface area (Å²) in [5.74, 6) is 0.146. The zero-order valence-corrected chi connectivity index (χ0v) is 12.8. The van der Waals surface area contributed by atoms with Crippen LogP contribution in [0.1, 0.15) is 13.8 Å². The van der Waals surface area contributed by atoms with Crippen molar-refractivity contribution in [3.63, 3.8) is 0 Å². The number of aromatic hydroxyl groups is 1. The molecule has 0 heterocycles. The molecule has 85 valence electrons. The zero-order valence-electron chi connectivity index (χ0n) is 9.14. The van der Waals surface area contributed by atoms with Crippen molar-refractivity contribution < 1.29 is 46.2 Å². The van der Waals surface area contributed by atoms with Crippen LogP contribution in [0.2, 0.25) is 0 Å². The van der Waals surface area contributed by atoms with Crippen molar-refractivity contribution in [2.75, 3.05) is 12.0 Å². The Morgan fingerprint density at radius 2 is 1.53 bits per heavy atom. The van der Waals surface area contributed by atoms with Crippen LogP contribution in [0.5, 0.6) is 5.75 Å². The van der Waals surface area contributed by atoms with E-state index in [4.69, 9.17) is 19.3 Å². The van der Waals surface area contributed by atoms with Crippen LogP contribution in [0, 0.1) is 0 Å². The Morgan fingerprint density at radius 1 is 1.20 bits per heavy atom. The minimum atomic E-state index is -1.86. The first-order valence-electron chi connectivity index (χ1n) is 4.08. The number of rotatable bonds is 0. The third-order valence-corrected chi connectivity index (χ3v) is 0.937. The molecule has 0 fully saturated rings. The number of benzene rings is 1. The van der Waals surface area contributed by atoms with E-state index in [2.05, 4.69) is 0 Å². The Bertz CT molecular complexity index is 287. The fourth-order valence-corrected chi connectivity index (χ4v) is 0.488. The molecule has 1 aromatic rings. The molecule has 6 heteroatoms. The second-order valence-corrected chi connectivity index (χ2v) is 2.76. The monoisotopic (exact) mass is 307 g/mol. The van der Waals surface area contributed by atoms with Crippen LogP contribution >= 0.6 is 0 Å². The van der Waals surface area contributed by atoms with Gasteiger partial charge >= 0.3 is 0 Å². The molecule has 0 bridgehead atoms. The van der Waals surface area contributed by atoms with Crippen LogP contribution in [-0.2, 0) is 51.8 Å². The van der Waals surface area contributed by atoms with E-state index in [-0.39, 0.29) is 38.5 Å². The van der Waals surface area contributed by atoms with Gasteiger partial charge in [0.2, 0.25) is 0 Å². The number of phenolic OH excluding ortho intramolecular Hbond substituents is 1. The molecule has 0 aliphatic rings. The van der Waals surface area contributed by atoms with E-state index >= 15 is 0 Å². The third kappa shape index (κ3) is 16.5. The van der Waals surface area contributed by atoms with Gasteiger partial charge in [-0.1, -0.05) is 42.9 Å². The Labute approximate surface area is 118 Å². The zero-order chi connectivity index (χ0) is 11.6. The van der Waals surface area contributed by atoms with Gasteiger partial charge in [-0.3, -0.25) is 0 Å². The topological polar surface area (TPSA) is 80.4 Å². The van der Waals surface area contributed by atoms with Crippen molar-refractivity contribution in [1.82, 2.24) is 0 Å². The number of phenols is 1.